The number of hydrogen-bond donors (Lipinski definition) is 0. The van der Waals surface area contributed by atoms with Crippen molar-refractivity contribution in [1.82, 2.24) is 9.80 Å². The van der Waals surface area contributed by atoms with Gasteiger partial charge in [-0.3, -0.25) is 14.5 Å². The highest BCUT2D eigenvalue weighted by atomic mass is 16.2. The molecule has 0 aliphatic carbocycles. The molecule has 0 N–H and O–H groups in total. The maximum atomic E-state index is 12.7. The zero-order valence-corrected chi connectivity index (χ0v) is 16.3. The Kier molecular flexibility index (Phi) is 5.97. The van der Waals surface area contributed by atoms with Crippen molar-refractivity contribution < 1.29 is 9.59 Å². The van der Waals surface area contributed by atoms with Crippen LogP contribution < -0.4 is 4.90 Å². The summed E-state index contributed by atoms with van der Waals surface area (Å²) < 4.78 is 0. The van der Waals surface area contributed by atoms with Crippen molar-refractivity contribution >= 4 is 17.5 Å². The number of benzene rings is 1. The van der Waals surface area contributed by atoms with Crippen LogP contribution in [0.5, 0.6) is 0 Å². The highest BCUT2D eigenvalue weighted by molar-refractivity contribution is 5.94. The third kappa shape index (κ3) is 3.93. The fraction of sp³-hybridized carbons (Fsp3) is 0.619. The van der Waals surface area contributed by atoms with Crippen molar-refractivity contribution in [2.24, 2.45) is 0 Å². The van der Waals surface area contributed by atoms with Crippen LogP contribution in [0.2, 0.25) is 0 Å². The molecule has 2 aliphatic heterocycles. The van der Waals surface area contributed by atoms with Crippen molar-refractivity contribution in [3.8, 4) is 0 Å². The Labute approximate surface area is 156 Å². The van der Waals surface area contributed by atoms with E-state index in [9.17, 15) is 9.59 Å². The van der Waals surface area contributed by atoms with Gasteiger partial charge in [-0.25, -0.2) is 0 Å². The Hall–Kier alpha value is -1.88. The van der Waals surface area contributed by atoms with Crippen molar-refractivity contribution in [2.45, 2.75) is 64.6 Å². The molecule has 1 aromatic carbocycles. The van der Waals surface area contributed by atoms with Gasteiger partial charge in [0, 0.05) is 50.7 Å². The fourth-order valence-electron chi connectivity index (χ4n) is 4.38. The monoisotopic (exact) mass is 357 g/mol. The Morgan fingerprint density at radius 2 is 1.85 bits per heavy atom. The fourth-order valence-corrected chi connectivity index (χ4v) is 4.38. The van der Waals surface area contributed by atoms with Crippen molar-refractivity contribution in [3.05, 3.63) is 29.8 Å². The van der Waals surface area contributed by atoms with Crippen LogP contribution in [0.25, 0.3) is 0 Å². The van der Waals surface area contributed by atoms with Gasteiger partial charge >= 0.3 is 0 Å². The van der Waals surface area contributed by atoms with Gasteiger partial charge in [-0.15, -0.1) is 0 Å². The highest BCUT2D eigenvalue weighted by Crippen LogP contribution is 2.29. The number of carbonyl (C=O) groups excluding carboxylic acids is 2. The predicted molar refractivity (Wildman–Crippen MR) is 104 cm³/mol. The van der Waals surface area contributed by atoms with Gasteiger partial charge in [-0.05, 0) is 37.9 Å². The first-order chi connectivity index (χ1) is 12.5. The molecule has 1 aromatic rings. The molecule has 5 heteroatoms. The van der Waals surface area contributed by atoms with E-state index in [2.05, 4.69) is 18.0 Å². The maximum Gasteiger partial charge on any atom is 0.226 e. The number of hydrogen-bond acceptors (Lipinski definition) is 3. The van der Waals surface area contributed by atoms with Crippen LogP contribution >= 0.6 is 0 Å². The van der Waals surface area contributed by atoms with E-state index in [1.165, 1.54) is 12.8 Å². The van der Waals surface area contributed by atoms with Gasteiger partial charge in [0.25, 0.3) is 0 Å². The normalized spacial score (nSPS) is 24.6. The summed E-state index contributed by atoms with van der Waals surface area (Å²) in [5, 5.41) is 0. The van der Waals surface area contributed by atoms with Crippen LogP contribution in [-0.4, -0.2) is 53.8 Å². The molecule has 5 nitrogen and oxygen atoms in total. The van der Waals surface area contributed by atoms with Gasteiger partial charge < -0.3 is 9.80 Å². The zero-order valence-electron chi connectivity index (χ0n) is 16.3. The minimum atomic E-state index is 0.0999. The van der Waals surface area contributed by atoms with Gasteiger partial charge in [0.15, 0.2) is 0 Å². The molecule has 2 atom stereocenters. The number of amides is 2. The largest absolute Gasteiger partial charge is 0.337 e. The van der Waals surface area contributed by atoms with Crippen LogP contribution in [0.15, 0.2) is 24.3 Å². The minimum Gasteiger partial charge on any atom is -0.337 e. The second kappa shape index (κ2) is 8.21. The molecule has 2 bridgehead atoms. The summed E-state index contributed by atoms with van der Waals surface area (Å²) in [5.41, 5.74) is 2.02. The van der Waals surface area contributed by atoms with Gasteiger partial charge in [0.2, 0.25) is 11.8 Å². The lowest BCUT2D eigenvalue weighted by atomic mass is 9.93. The van der Waals surface area contributed by atoms with E-state index < -0.39 is 0 Å². The number of piperidine rings is 1. The molecular weight excluding hydrogens is 326 g/mol. The third-order valence-electron chi connectivity index (χ3n) is 6.04. The lowest BCUT2D eigenvalue weighted by Crippen LogP contribution is -2.50. The molecule has 142 valence electrons. The topological polar surface area (TPSA) is 43.9 Å². The lowest BCUT2D eigenvalue weighted by molar-refractivity contribution is -0.130. The molecule has 2 aliphatic rings. The molecule has 0 aromatic heterocycles. The number of rotatable bonds is 1. The highest BCUT2D eigenvalue weighted by Gasteiger charge is 2.31. The molecule has 2 amide bonds. The first-order valence-corrected chi connectivity index (χ1v) is 9.87. The molecule has 26 heavy (non-hydrogen) atoms. The van der Waals surface area contributed by atoms with Crippen molar-refractivity contribution in [1.29, 1.82) is 0 Å². The summed E-state index contributed by atoms with van der Waals surface area (Å²) in [6.45, 7) is 5.64. The predicted octanol–water partition coefficient (Wildman–Crippen LogP) is 3.03. The molecule has 0 saturated carbocycles. The second-order valence-electron chi connectivity index (χ2n) is 7.62. The molecule has 3 rings (SSSR count). The van der Waals surface area contributed by atoms with Gasteiger partial charge in [0.1, 0.15) is 0 Å². The van der Waals surface area contributed by atoms with Crippen LogP contribution in [0.4, 0.5) is 5.69 Å². The Morgan fingerprint density at radius 1 is 1.12 bits per heavy atom. The molecule has 0 spiro atoms. The molecule has 0 radical (unpaired) electrons. The average Bonchev–Trinajstić information content (AvgIpc) is 2.65. The molecule has 1 fully saturated rings. The van der Waals surface area contributed by atoms with E-state index >= 15 is 0 Å². The maximum absolute atomic E-state index is 12.7. The van der Waals surface area contributed by atoms with E-state index in [0.29, 0.717) is 25.0 Å². The van der Waals surface area contributed by atoms with E-state index in [-0.39, 0.29) is 11.8 Å². The summed E-state index contributed by atoms with van der Waals surface area (Å²) in [6.07, 6.45) is 4.97. The first kappa shape index (κ1) is 18.9. The minimum absolute atomic E-state index is 0.0999. The average molecular weight is 357 g/mol. The number of nitrogens with zero attached hydrogens (tertiary/aromatic N) is 3. The second-order valence-corrected chi connectivity index (χ2v) is 7.62. The number of likely N-dealkylation sites (N-methyl/N-ethyl adjacent to an activating group) is 1. The zero-order chi connectivity index (χ0) is 18.7. The van der Waals surface area contributed by atoms with Gasteiger partial charge in [-0.2, -0.15) is 0 Å². The summed E-state index contributed by atoms with van der Waals surface area (Å²) in [6, 6.07) is 8.93. The Morgan fingerprint density at radius 3 is 2.58 bits per heavy atom. The smallest absolute Gasteiger partial charge is 0.226 e. The molecular formula is C21H31N3O2. The number of fused-ring (bicyclic) bond motifs is 3. The Balaban J connectivity index is 2.01. The lowest BCUT2D eigenvalue weighted by Gasteiger charge is -2.41. The third-order valence-corrected chi connectivity index (χ3v) is 6.04. The van der Waals surface area contributed by atoms with E-state index in [1.54, 1.807) is 6.92 Å². The van der Waals surface area contributed by atoms with Crippen molar-refractivity contribution in [2.75, 3.05) is 25.0 Å². The number of anilines is 1. The quantitative estimate of drug-likeness (QED) is 0.776. The van der Waals surface area contributed by atoms with E-state index in [4.69, 9.17) is 0 Å². The molecule has 2 unspecified atom stereocenters. The summed E-state index contributed by atoms with van der Waals surface area (Å²) >= 11 is 0. The molecule has 1 saturated heterocycles. The van der Waals surface area contributed by atoms with Gasteiger partial charge in [0.05, 0.1) is 0 Å². The number of carbonyl (C=O) groups is 2. The standard InChI is InChI=1S/C21H31N3O2/c1-4-21(26)24-13-12-18-9-7-10-19(22(18)3)15-23(16(2)25)14-17-8-5-6-11-20(17)24/h5-6,8,11,18-19H,4,7,9-10,12-15H2,1-3H3. The summed E-state index contributed by atoms with van der Waals surface area (Å²) in [5.74, 6) is 0.254. The molecule has 2 heterocycles. The van der Waals surface area contributed by atoms with E-state index in [1.807, 2.05) is 34.9 Å². The van der Waals surface area contributed by atoms with E-state index in [0.717, 1.165) is 37.2 Å². The van der Waals surface area contributed by atoms with Crippen LogP contribution in [-0.2, 0) is 16.1 Å². The van der Waals surface area contributed by atoms with Crippen molar-refractivity contribution in [3.63, 3.8) is 0 Å². The van der Waals surface area contributed by atoms with Crippen LogP contribution in [0.1, 0.15) is 51.5 Å². The van der Waals surface area contributed by atoms with Gasteiger partial charge in [-0.1, -0.05) is 31.5 Å². The van der Waals surface area contributed by atoms with Crippen LogP contribution in [0.3, 0.4) is 0 Å². The summed E-state index contributed by atoms with van der Waals surface area (Å²) in [4.78, 5) is 31.3. The van der Waals surface area contributed by atoms with Crippen LogP contribution in [0, 0.1) is 0 Å². The first-order valence-electron chi connectivity index (χ1n) is 9.87. The SMILES string of the molecule is CCC(=O)N1CCC2CCCC(CN(C(C)=O)Cc3ccccc31)N2C. The number of para-hydroxylation sites is 1. The Bertz CT molecular complexity index is 660. The summed E-state index contributed by atoms with van der Waals surface area (Å²) in [7, 11) is 2.18.